The number of carbonyl (C=O) groups excluding carboxylic acids is 1. The molecule has 2 aromatic rings. The highest BCUT2D eigenvalue weighted by molar-refractivity contribution is 7.21. The van der Waals surface area contributed by atoms with Gasteiger partial charge in [0.15, 0.2) is 0 Å². The van der Waals surface area contributed by atoms with E-state index in [1.54, 1.807) is 7.11 Å². The molecule has 1 N–H and O–H groups in total. The minimum absolute atomic E-state index is 0.141. The number of rotatable bonds is 4. The molecule has 2 rings (SSSR count). The zero-order valence-corrected chi connectivity index (χ0v) is 11.8. The summed E-state index contributed by atoms with van der Waals surface area (Å²) in [6.07, 6.45) is 0. The SMILES string of the molecule is COCCNC(=O)c1sc2cccc(C)c2c1Cl. The maximum absolute atomic E-state index is 12.0. The van der Waals surface area contributed by atoms with Gasteiger partial charge in [-0.05, 0) is 18.6 Å². The van der Waals surface area contributed by atoms with E-state index in [1.807, 2.05) is 25.1 Å². The molecule has 0 saturated carbocycles. The predicted molar refractivity (Wildman–Crippen MR) is 75.8 cm³/mol. The number of nitrogens with one attached hydrogen (secondary N) is 1. The van der Waals surface area contributed by atoms with E-state index in [0.29, 0.717) is 23.1 Å². The number of methoxy groups -OCH3 is 1. The number of amides is 1. The normalized spacial score (nSPS) is 10.8. The van der Waals surface area contributed by atoms with Gasteiger partial charge in [0.05, 0.1) is 11.6 Å². The molecule has 18 heavy (non-hydrogen) atoms. The third kappa shape index (κ3) is 2.51. The molecule has 0 bridgehead atoms. The Morgan fingerprint density at radius 1 is 1.50 bits per heavy atom. The molecule has 96 valence electrons. The molecule has 0 radical (unpaired) electrons. The van der Waals surface area contributed by atoms with Crippen LogP contribution in [0.1, 0.15) is 15.2 Å². The Morgan fingerprint density at radius 2 is 2.28 bits per heavy atom. The number of fused-ring (bicyclic) bond motifs is 1. The average Bonchev–Trinajstić information content (AvgIpc) is 2.68. The third-order valence-electron chi connectivity index (χ3n) is 2.66. The molecule has 5 heteroatoms. The lowest BCUT2D eigenvalue weighted by Crippen LogP contribution is -2.26. The molecule has 0 fully saturated rings. The minimum atomic E-state index is -0.141. The lowest BCUT2D eigenvalue weighted by Gasteiger charge is -2.02. The van der Waals surface area contributed by atoms with Crippen LogP contribution in [0.4, 0.5) is 0 Å². The Morgan fingerprint density at radius 3 is 2.94 bits per heavy atom. The van der Waals surface area contributed by atoms with Crippen molar-refractivity contribution in [2.45, 2.75) is 6.92 Å². The summed E-state index contributed by atoms with van der Waals surface area (Å²) >= 11 is 7.71. The quantitative estimate of drug-likeness (QED) is 0.875. The number of thiophene rings is 1. The molecule has 1 heterocycles. The molecule has 0 atom stereocenters. The number of hydrogen-bond acceptors (Lipinski definition) is 3. The molecule has 1 amide bonds. The Balaban J connectivity index is 2.31. The highest BCUT2D eigenvalue weighted by atomic mass is 35.5. The van der Waals surface area contributed by atoms with Crippen molar-refractivity contribution in [3.05, 3.63) is 33.7 Å². The summed E-state index contributed by atoms with van der Waals surface area (Å²) < 4.78 is 5.93. The first-order valence-electron chi connectivity index (χ1n) is 5.60. The molecule has 0 unspecified atom stereocenters. The van der Waals surface area contributed by atoms with Crippen LogP contribution in [0.15, 0.2) is 18.2 Å². The summed E-state index contributed by atoms with van der Waals surface area (Å²) in [6.45, 7) is 2.97. The highest BCUT2D eigenvalue weighted by Crippen LogP contribution is 2.37. The number of halogens is 1. The van der Waals surface area contributed by atoms with Crippen molar-refractivity contribution < 1.29 is 9.53 Å². The lowest BCUT2D eigenvalue weighted by molar-refractivity contribution is 0.0941. The average molecular weight is 284 g/mol. The zero-order valence-electron chi connectivity index (χ0n) is 10.2. The van der Waals surface area contributed by atoms with Gasteiger partial charge in [0.1, 0.15) is 4.88 Å². The van der Waals surface area contributed by atoms with Crippen molar-refractivity contribution in [3.8, 4) is 0 Å². The van der Waals surface area contributed by atoms with E-state index in [4.69, 9.17) is 16.3 Å². The largest absolute Gasteiger partial charge is 0.383 e. The summed E-state index contributed by atoms with van der Waals surface area (Å²) in [5, 5.41) is 4.30. The van der Waals surface area contributed by atoms with Crippen LogP contribution in [0, 0.1) is 6.92 Å². The highest BCUT2D eigenvalue weighted by Gasteiger charge is 2.17. The van der Waals surface area contributed by atoms with Gasteiger partial charge in [-0.2, -0.15) is 0 Å². The van der Waals surface area contributed by atoms with E-state index >= 15 is 0 Å². The fourth-order valence-corrected chi connectivity index (χ4v) is 3.36. The second-order valence-corrected chi connectivity index (χ2v) is 5.37. The van der Waals surface area contributed by atoms with Gasteiger partial charge in [-0.3, -0.25) is 4.79 Å². The summed E-state index contributed by atoms with van der Waals surface area (Å²) in [4.78, 5) is 12.5. The first kappa shape index (κ1) is 13.3. The van der Waals surface area contributed by atoms with Crippen LogP contribution < -0.4 is 5.32 Å². The van der Waals surface area contributed by atoms with Crippen LogP contribution in [-0.2, 0) is 4.74 Å². The molecule has 0 aliphatic carbocycles. The Labute approximate surface area is 115 Å². The van der Waals surface area contributed by atoms with Crippen molar-refractivity contribution in [2.24, 2.45) is 0 Å². The first-order valence-corrected chi connectivity index (χ1v) is 6.79. The minimum Gasteiger partial charge on any atom is -0.383 e. The molecule has 0 aliphatic rings. The number of aryl methyl sites for hydroxylation is 1. The number of hydrogen-bond donors (Lipinski definition) is 1. The van der Waals surface area contributed by atoms with Gasteiger partial charge in [0, 0.05) is 23.7 Å². The van der Waals surface area contributed by atoms with Crippen molar-refractivity contribution in [2.75, 3.05) is 20.3 Å². The molecular formula is C13H14ClNO2S. The fourth-order valence-electron chi connectivity index (χ4n) is 1.77. The molecular weight excluding hydrogens is 270 g/mol. The van der Waals surface area contributed by atoms with Gasteiger partial charge in [-0.1, -0.05) is 23.7 Å². The number of carbonyl (C=O) groups is 1. The van der Waals surface area contributed by atoms with E-state index in [0.717, 1.165) is 15.6 Å². The predicted octanol–water partition coefficient (Wildman–Crippen LogP) is 3.24. The van der Waals surface area contributed by atoms with Crippen LogP contribution in [0.25, 0.3) is 10.1 Å². The van der Waals surface area contributed by atoms with Crippen molar-refractivity contribution in [1.82, 2.24) is 5.32 Å². The summed E-state index contributed by atoms with van der Waals surface area (Å²) in [5.41, 5.74) is 1.09. The van der Waals surface area contributed by atoms with Gasteiger partial charge in [-0.25, -0.2) is 0 Å². The van der Waals surface area contributed by atoms with E-state index in [1.165, 1.54) is 11.3 Å². The van der Waals surface area contributed by atoms with Gasteiger partial charge in [0.2, 0.25) is 0 Å². The topological polar surface area (TPSA) is 38.3 Å². The van der Waals surface area contributed by atoms with E-state index in [-0.39, 0.29) is 5.91 Å². The van der Waals surface area contributed by atoms with Crippen LogP contribution >= 0.6 is 22.9 Å². The number of ether oxygens (including phenoxy) is 1. The summed E-state index contributed by atoms with van der Waals surface area (Å²) in [6, 6.07) is 5.94. The molecule has 1 aromatic carbocycles. The molecule has 0 aliphatic heterocycles. The van der Waals surface area contributed by atoms with Crippen molar-refractivity contribution in [1.29, 1.82) is 0 Å². The monoisotopic (exact) mass is 283 g/mol. The van der Waals surface area contributed by atoms with E-state index in [2.05, 4.69) is 5.32 Å². The lowest BCUT2D eigenvalue weighted by atomic mass is 10.1. The smallest absolute Gasteiger partial charge is 0.263 e. The zero-order chi connectivity index (χ0) is 13.1. The van der Waals surface area contributed by atoms with Gasteiger partial charge >= 0.3 is 0 Å². The molecule has 1 aromatic heterocycles. The molecule has 0 spiro atoms. The Bertz CT molecular complexity index is 580. The van der Waals surface area contributed by atoms with Crippen LogP contribution in [-0.4, -0.2) is 26.2 Å². The molecule has 3 nitrogen and oxygen atoms in total. The van der Waals surface area contributed by atoms with Gasteiger partial charge < -0.3 is 10.1 Å². The van der Waals surface area contributed by atoms with Gasteiger partial charge in [-0.15, -0.1) is 11.3 Å². The summed E-state index contributed by atoms with van der Waals surface area (Å²) in [5.74, 6) is -0.141. The van der Waals surface area contributed by atoms with E-state index in [9.17, 15) is 4.79 Å². The van der Waals surface area contributed by atoms with Crippen molar-refractivity contribution in [3.63, 3.8) is 0 Å². The van der Waals surface area contributed by atoms with Crippen LogP contribution in [0.5, 0.6) is 0 Å². The standard InChI is InChI=1S/C13H14ClNO2S/c1-8-4-3-5-9-10(8)11(14)12(18-9)13(16)15-6-7-17-2/h3-5H,6-7H2,1-2H3,(H,15,16). The Hall–Kier alpha value is -1.10. The maximum atomic E-state index is 12.0. The maximum Gasteiger partial charge on any atom is 0.263 e. The Kier molecular flexibility index (Phi) is 4.22. The second kappa shape index (κ2) is 5.69. The fraction of sp³-hybridized carbons (Fsp3) is 0.308. The van der Waals surface area contributed by atoms with E-state index < -0.39 is 0 Å². The first-order chi connectivity index (χ1) is 8.65. The molecule has 0 saturated heterocycles. The van der Waals surface area contributed by atoms with Crippen LogP contribution in [0.2, 0.25) is 5.02 Å². The van der Waals surface area contributed by atoms with Gasteiger partial charge in [0.25, 0.3) is 5.91 Å². The summed E-state index contributed by atoms with van der Waals surface area (Å²) in [7, 11) is 1.60. The van der Waals surface area contributed by atoms with Crippen molar-refractivity contribution >= 4 is 38.9 Å². The number of benzene rings is 1. The third-order valence-corrected chi connectivity index (χ3v) is 4.31. The second-order valence-electron chi connectivity index (χ2n) is 3.94. The van der Waals surface area contributed by atoms with Crippen LogP contribution in [0.3, 0.4) is 0 Å².